The highest BCUT2D eigenvalue weighted by atomic mass is 16.5. The summed E-state index contributed by atoms with van der Waals surface area (Å²) in [5, 5.41) is 0. The third-order valence-electron chi connectivity index (χ3n) is 4.19. The fourth-order valence-electron chi connectivity index (χ4n) is 2.82. The average molecular weight is 299 g/mol. The van der Waals surface area contributed by atoms with Gasteiger partial charge in [-0.2, -0.15) is 0 Å². The largest absolute Gasteiger partial charge is 0.381 e. The first kappa shape index (κ1) is 14.8. The van der Waals surface area contributed by atoms with E-state index >= 15 is 0 Å². The molecule has 0 bridgehead atoms. The third-order valence-corrected chi connectivity index (χ3v) is 4.19. The molecule has 2 aromatic rings. The normalized spacial score (nSPS) is 16.0. The van der Waals surface area contributed by atoms with E-state index in [1.165, 1.54) is 0 Å². The predicted molar refractivity (Wildman–Crippen MR) is 83.7 cm³/mol. The highest BCUT2D eigenvalue weighted by Crippen LogP contribution is 2.16. The number of rotatable bonds is 4. The Labute approximate surface area is 130 Å². The number of hydrogen-bond acceptors (Lipinski definition) is 3. The highest BCUT2D eigenvalue weighted by Gasteiger charge is 2.23. The molecule has 116 valence electrons. The fraction of sp³-hybridized carbons (Fsp3) is 0.412. The Morgan fingerprint density at radius 2 is 2.00 bits per heavy atom. The summed E-state index contributed by atoms with van der Waals surface area (Å²) in [6.07, 6.45) is 7.61. The first-order valence-corrected chi connectivity index (χ1v) is 7.63. The Morgan fingerprint density at radius 3 is 2.59 bits per heavy atom. The first-order chi connectivity index (χ1) is 10.8. The lowest BCUT2D eigenvalue weighted by Gasteiger charge is -2.31. The molecule has 0 N–H and O–H groups in total. The number of imidazole rings is 1. The molecule has 0 atom stereocenters. The number of carbonyl (C=O) groups excluding carboxylic acids is 1. The zero-order valence-corrected chi connectivity index (χ0v) is 12.8. The van der Waals surface area contributed by atoms with Crippen LogP contribution in [0.4, 0.5) is 0 Å². The second-order valence-electron chi connectivity index (χ2n) is 5.66. The van der Waals surface area contributed by atoms with E-state index in [1.54, 1.807) is 19.6 Å². The minimum atomic E-state index is 0.115. The van der Waals surface area contributed by atoms with Crippen LogP contribution in [-0.4, -0.2) is 46.7 Å². The van der Waals surface area contributed by atoms with E-state index < -0.39 is 0 Å². The summed E-state index contributed by atoms with van der Waals surface area (Å²) < 4.78 is 7.35. The SMILES string of the molecule is COC1CCN(C(=O)c2ccc(Cn3ccnc3)cc2)CC1. The smallest absolute Gasteiger partial charge is 0.253 e. The van der Waals surface area contributed by atoms with Crippen molar-refractivity contribution in [3.05, 3.63) is 54.1 Å². The van der Waals surface area contributed by atoms with Crippen LogP contribution in [0.25, 0.3) is 0 Å². The van der Waals surface area contributed by atoms with Crippen LogP contribution in [0.3, 0.4) is 0 Å². The van der Waals surface area contributed by atoms with Crippen LogP contribution in [-0.2, 0) is 11.3 Å². The molecule has 0 saturated carbocycles. The number of hydrogen-bond donors (Lipinski definition) is 0. The molecule has 2 heterocycles. The molecule has 1 aliphatic heterocycles. The lowest BCUT2D eigenvalue weighted by Crippen LogP contribution is -2.40. The van der Waals surface area contributed by atoms with Gasteiger partial charge in [-0.3, -0.25) is 4.79 Å². The Balaban J connectivity index is 1.61. The highest BCUT2D eigenvalue weighted by molar-refractivity contribution is 5.94. The molecule has 0 aliphatic carbocycles. The number of amides is 1. The van der Waals surface area contributed by atoms with Crippen LogP contribution in [0.1, 0.15) is 28.8 Å². The van der Waals surface area contributed by atoms with Crippen molar-refractivity contribution in [1.82, 2.24) is 14.5 Å². The van der Waals surface area contributed by atoms with Gasteiger partial charge in [-0.05, 0) is 30.5 Å². The molecule has 22 heavy (non-hydrogen) atoms. The van der Waals surface area contributed by atoms with Crippen molar-refractivity contribution in [3.8, 4) is 0 Å². The van der Waals surface area contributed by atoms with Crippen LogP contribution >= 0.6 is 0 Å². The molecule has 0 radical (unpaired) electrons. The van der Waals surface area contributed by atoms with Crippen LogP contribution in [0.15, 0.2) is 43.0 Å². The summed E-state index contributed by atoms with van der Waals surface area (Å²) in [6, 6.07) is 7.85. The fourth-order valence-corrected chi connectivity index (χ4v) is 2.82. The molecule has 1 amide bonds. The number of aromatic nitrogens is 2. The van der Waals surface area contributed by atoms with Gasteiger partial charge in [0, 0.05) is 44.7 Å². The van der Waals surface area contributed by atoms with Gasteiger partial charge in [-0.15, -0.1) is 0 Å². The minimum absolute atomic E-state index is 0.115. The van der Waals surface area contributed by atoms with E-state index in [0.29, 0.717) is 6.10 Å². The summed E-state index contributed by atoms with van der Waals surface area (Å²) >= 11 is 0. The zero-order valence-electron chi connectivity index (χ0n) is 12.8. The number of benzene rings is 1. The molecule has 1 aromatic carbocycles. The maximum atomic E-state index is 12.5. The van der Waals surface area contributed by atoms with Crippen molar-refractivity contribution in [2.75, 3.05) is 20.2 Å². The Kier molecular flexibility index (Phi) is 4.53. The number of carbonyl (C=O) groups is 1. The van der Waals surface area contributed by atoms with Crippen molar-refractivity contribution in [2.45, 2.75) is 25.5 Å². The number of nitrogens with zero attached hydrogens (tertiary/aromatic N) is 3. The summed E-state index contributed by atoms with van der Waals surface area (Å²) in [5.74, 6) is 0.115. The predicted octanol–water partition coefficient (Wildman–Crippen LogP) is 2.18. The van der Waals surface area contributed by atoms with Gasteiger partial charge in [0.15, 0.2) is 0 Å². The Hall–Kier alpha value is -2.14. The van der Waals surface area contributed by atoms with E-state index in [-0.39, 0.29) is 5.91 Å². The molecular formula is C17H21N3O2. The molecule has 1 saturated heterocycles. The van der Waals surface area contributed by atoms with Crippen molar-refractivity contribution < 1.29 is 9.53 Å². The maximum absolute atomic E-state index is 12.5. The van der Waals surface area contributed by atoms with Crippen LogP contribution in [0.2, 0.25) is 0 Å². The average Bonchev–Trinajstić information content (AvgIpc) is 3.08. The standard InChI is InChI=1S/C17H21N3O2/c1-22-16-6-9-20(10-7-16)17(21)15-4-2-14(3-5-15)12-19-11-8-18-13-19/h2-5,8,11,13,16H,6-7,9-10,12H2,1H3. The van der Waals surface area contributed by atoms with Crippen LogP contribution in [0, 0.1) is 0 Å². The molecule has 1 aromatic heterocycles. The van der Waals surface area contributed by atoms with Gasteiger partial charge in [0.1, 0.15) is 0 Å². The monoisotopic (exact) mass is 299 g/mol. The summed E-state index contributed by atoms with van der Waals surface area (Å²) in [7, 11) is 1.74. The van der Waals surface area contributed by atoms with Gasteiger partial charge >= 0.3 is 0 Å². The number of ether oxygens (including phenoxy) is 1. The van der Waals surface area contributed by atoms with Crippen LogP contribution in [0.5, 0.6) is 0 Å². The van der Waals surface area contributed by atoms with Gasteiger partial charge < -0.3 is 14.2 Å². The Morgan fingerprint density at radius 1 is 1.27 bits per heavy atom. The van der Waals surface area contributed by atoms with Gasteiger partial charge in [-0.25, -0.2) is 4.98 Å². The second-order valence-corrected chi connectivity index (χ2v) is 5.66. The molecule has 0 spiro atoms. The second kappa shape index (κ2) is 6.75. The van der Waals surface area contributed by atoms with E-state index in [2.05, 4.69) is 4.98 Å². The summed E-state index contributed by atoms with van der Waals surface area (Å²) in [6.45, 7) is 2.32. The summed E-state index contributed by atoms with van der Waals surface area (Å²) in [5.41, 5.74) is 1.91. The molecule has 1 fully saturated rings. The molecule has 3 rings (SSSR count). The van der Waals surface area contributed by atoms with Gasteiger partial charge in [0.2, 0.25) is 0 Å². The molecule has 0 unspecified atom stereocenters. The Bertz CT molecular complexity index is 599. The van der Waals surface area contributed by atoms with Gasteiger partial charge in [0.05, 0.1) is 12.4 Å². The topological polar surface area (TPSA) is 47.4 Å². The first-order valence-electron chi connectivity index (χ1n) is 7.63. The van der Waals surface area contributed by atoms with Gasteiger partial charge in [-0.1, -0.05) is 12.1 Å². The zero-order chi connectivity index (χ0) is 15.4. The number of likely N-dealkylation sites (tertiary alicyclic amines) is 1. The van der Waals surface area contributed by atoms with Crippen molar-refractivity contribution in [3.63, 3.8) is 0 Å². The van der Waals surface area contributed by atoms with E-state index in [4.69, 9.17) is 4.74 Å². The van der Waals surface area contributed by atoms with Crippen molar-refractivity contribution >= 4 is 5.91 Å². The number of piperidine rings is 1. The van der Waals surface area contributed by atoms with Crippen molar-refractivity contribution in [2.24, 2.45) is 0 Å². The van der Waals surface area contributed by atoms with E-state index in [1.807, 2.05) is 39.9 Å². The summed E-state index contributed by atoms with van der Waals surface area (Å²) in [4.78, 5) is 18.4. The maximum Gasteiger partial charge on any atom is 0.253 e. The third kappa shape index (κ3) is 3.36. The number of methoxy groups -OCH3 is 1. The van der Waals surface area contributed by atoms with Crippen LogP contribution < -0.4 is 0 Å². The van der Waals surface area contributed by atoms with E-state index in [0.717, 1.165) is 43.6 Å². The molecular weight excluding hydrogens is 278 g/mol. The van der Waals surface area contributed by atoms with E-state index in [9.17, 15) is 4.79 Å². The van der Waals surface area contributed by atoms with Crippen molar-refractivity contribution in [1.29, 1.82) is 0 Å². The molecule has 5 heteroatoms. The minimum Gasteiger partial charge on any atom is -0.381 e. The quantitative estimate of drug-likeness (QED) is 0.869. The lowest BCUT2D eigenvalue weighted by molar-refractivity contribution is 0.0351. The van der Waals surface area contributed by atoms with Gasteiger partial charge in [0.25, 0.3) is 5.91 Å². The lowest BCUT2D eigenvalue weighted by atomic mass is 10.1. The molecule has 5 nitrogen and oxygen atoms in total. The molecule has 1 aliphatic rings.